The van der Waals surface area contributed by atoms with Gasteiger partial charge in [-0.1, -0.05) is 20.8 Å². The number of hydrogen-bond donors (Lipinski definition) is 1. The fourth-order valence-corrected chi connectivity index (χ4v) is 2.74. The van der Waals surface area contributed by atoms with Gasteiger partial charge in [0.1, 0.15) is 0 Å². The van der Waals surface area contributed by atoms with Crippen molar-refractivity contribution in [1.82, 2.24) is 10.2 Å². The second-order valence-corrected chi connectivity index (χ2v) is 5.81. The molecule has 0 spiro atoms. The van der Waals surface area contributed by atoms with Crippen LogP contribution in [0.2, 0.25) is 0 Å². The van der Waals surface area contributed by atoms with Crippen molar-refractivity contribution in [1.29, 1.82) is 0 Å². The number of rotatable bonds is 1. The normalized spacial score (nSPS) is 35.3. The van der Waals surface area contributed by atoms with E-state index in [-0.39, 0.29) is 0 Å². The number of nitrogens with one attached hydrogen (secondary N) is 1. The molecule has 2 nitrogen and oxygen atoms in total. The first-order chi connectivity index (χ1) is 6.06. The minimum absolute atomic E-state index is 0.456. The molecular formula is C11H22N2. The minimum Gasteiger partial charge on any atom is -0.315 e. The van der Waals surface area contributed by atoms with Crippen LogP contribution in [0, 0.1) is 11.3 Å². The molecule has 0 amide bonds. The highest BCUT2D eigenvalue weighted by Gasteiger charge is 2.38. The quantitative estimate of drug-likeness (QED) is 0.658. The van der Waals surface area contributed by atoms with Crippen LogP contribution < -0.4 is 5.32 Å². The van der Waals surface area contributed by atoms with Crippen LogP contribution in [0.15, 0.2) is 0 Å². The summed E-state index contributed by atoms with van der Waals surface area (Å²) in [6.07, 6.45) is 1.41. The minimum atomic E-state index is 0.456. The van der Waals surface area contributed by atoms with Gasteiger partial charge in [0.25, 0.3) is 0 Å². The Morgan fingerprint density at radius 3 is 2.77 bits per heavy atom. The summed E-state index contributed by atoms with van der Waals surface area (Å²) < 4.78 is 0. The Balaban J connectivity index is 1.94. The first kappa shape index (κ1) is 9.47. The summed E-state index contributed by atoms with van der Waals surface area (Å²) in [7, 11) is 0. The fraction of sp³-hybridized carbons (Fsp3) is 1.00. The second-order valence-electron chi connectivity index (χ2n) is 5.81. The topological polar surface area (TPSA) is 15.3 Å². The number of nitrogens with zero attached hydrogens (tertiary/aromatic N) is 1. The van der Waals surface area contributed by atoms with Gasteiger partial charge in [0.05, 0.1) is 0 Å². The Kier molecular flexibility index (Phi) is 2.37. The van der Waals surface area contributed by atoms with Gasteiger partial charge in [0.2, 0.25) is 0 Å². The van der Waals surface area contributed by atoms with Crippen molar-refractivity contribution < 1.29 is 0 Å². The Hall–Kier alpha value is -0.0800. The molecule has 2 fully saturated rings. The van der Waals surface area contributed by atoms with Crippen molar-refractivity contribution in [3.63, 3.8) is 0 Å². The first-order valence-electron chi connectivity index (χ1n) is 5.51. The number of hydrogen-bond acceptors (Lipinski definition) is 2. The molecular weight excluding hydrogens is 160 g/mol. The highest BCUT2D eigenvalue weighted by Crippen LogP contribution is 2.29. The lowest BCUT2D eigenvalue weighted by molar-refractivity contribution is 0.177. The van der Waals surface area contributed by atoms with E-state index in [1.165, 1.54) is 32.6 Å². The van der Waals surface area contributed by atoms with Crippen LogP contribution in [0.5, 0.6) is 0 Å². The van der Waals surface area contributed by atoms with E-state index in [1.54, 1.807) is 0 Å². The van der Waals surface area contributed by atoms with E-state index in [0.717, 1.165) is 12.0 Å². The fourth-order valence-electron chi connectivity index (χ4n) is 2.74. The van der Waals surface area contributed by atoms with E-state index in [1.807, 2.05) is 0 Å². The number of likely N-dealkylation sites (tertiary alicyclic amines) is 1. The lowest BCUT2D eigenvalue weighted by atomic mass is 9.95. The lowest BCUT2D eigenvalue weighted by Crippen LogP contribution is -2.39. The third-order valence-electron chi connectivity index (χ3n) is 3.24. The van der Waals surface area contributed by atoms with Crippen molar-refractivity contribution >= 4 is 0 Å². The maximum Gasteiger partial charge on any atom is 0.0261 e. The Morgan fingerprint density at radius 2 is 2.08 bits per heavy atom. The van der Waals surface area contributed by atoms with Gasteiger partial charge in [0.15, 0.2) is 0 Å². The lowest BCUT2D eigenvalue weighted by Gasteiger charge is -2.30. The van der Waals surface area contributed by atoms with Gasteiger partial charge in [-0.05, 0) is 30.8 Å². The molecule has 0 aromatic rings. The largest absolute Gasteiger partial charge is 0.315 e. The van der Waals surface area contributed by atoms with E-state index in [2.05, 4.69) is 31.0 Å². The molecule has 2 heteroatoms. The highest BCUT2D eigenvalue weighted by atomic mass is 15.2. The van der Waals surface area contributed by atoms with Crippen molar-refractivity contribution in [3.05, 3.63) is 0 Å². The Labute approximate surface area is 81.7 Å². The van der Waals surface area contributed by atoms with Gasteiger partial charge < -0.3 is 5.32 Å². The molecule has 2 rings (SSSR count). The van der Waals surface area contributed by atoms with E-state index in [0.29, 0.717) is 5.41 Å². The molecule has 0 aliphatic carbocycles. The molecule has 2 saturated heterocycles. The van der Waals surface area contributed by atoms with Crippen LogP contribution in [-0.2, 0) is 0 Å². The molecule has 2 atom stereocenters. The number of fused-ring (bicyclic) bond motifs is 1. The molecule has 1 N–H and O–H groups in total. The summed E-state index contributed by atoms with van der Waals surface area (Å²) in [6.45, 7) is 12.1. The molecule has 2 aliphatic rings. The average Bonchev–Trinajstić information content (AvgIpc) is 2.50. The van der Waals surface area contributed by atoms with Crippen molar-refractivity contribution in [2.75, 3.05) is 26.2 Å². The van der Waals surface area contributed by atoms with Gasteiger partial charge in [-0.2, -0.15) is 0 Å². The van der Waals surface area contributed by atoms with Crippen molar-refractivity contribution in [2.24, 2.45) is 11.3 Å². The Morgan fingerprint density at radius 1 is 1.31 bits per heavy atom. The summed E-state index contributed by atoms with van der Waals surface area (Å²) in [4.78, 5) is 2.69. The van der Waals surface area contributed by atoms with Crippen LogP contribution in [0.3, 0.4) is 0 Å². The summed E-state index contributed by atoms with van der Waals surface area (Å²) in [5.74, 6) is 0.947. The zero-order valence-electron chi connectivity index (χ0n) is 9.14. The van der Waals surface area contributed by atoms with Crippen molar-refractivity contribution in [2.45, 2.75) is 33.2 Å². The molecule has 76 valence electrons. The SMILES string of the molecule is CC(C)(C)CN1CCC2CNCC21. The third kappa shape index (κ3) is 2.05. The van der Waals surface area contributed by atoms with E-state index in [4.69, 9.17) is 0 Å². The van der Waals surface area contributed by atoms with Gasteiger partial charge >= 0.3 is 0 Å². The maximum absolute atomic E-state index is 3.50. The predicted molar refractivity (Wildman–Crippen MR) is 55.8 cm³/mol. The molecule has 0 bridgehead atoms. The molecule has 0 radical (unpaired) electrons. The predicted octanol–water partition coefficient (Wildman–Crippen LogP) is 1.33. The summed E-state index contributed by atoms with van der Waals surface area (Å²) in [5.41, 5.74) is 0.456. The van der Waals surface area contributed by atoms with E-state index in [9.17, 15) is 0 Å². The van der Waals surface area contributed by atoms with Crippen LogP contribution in [0.25, 0.3) is 0 Å². The second kappa shape index (κ2) is 3.25. The molecule has 0 saturated carbocycles. The smallest absolute Gasteiger partial charge is 0.0261 e. The van der Waals surface area contributed by atoms with Gasteiger partial charge in [0, 0.05) is 19.1 Å². The summed E-state index contributed by atoms with van der Waals surface area (Å²) in [5, 5.41) is 3.50. The average molecular weight is 182 g/mol. The van der Waals surface area contributed by atoms with Crippen LogP contribution in [-0.4, -0.2) is 37.1 Å². The molecule has 0 aromatic carbocycles. The van der Waals surface area contributed by atoms with Gasteiger partial charge in [-0.3, -0.25) is 4.90 Å². The molecule has 2 aliphatic heterocycles. The van der Waals surface area contributed by atoms with E-state index >= 15 is 0 Å². The summed E-state index contributed by atoms with van der Waals surface area (Å²) in [6, 6.07) is 0.847. The molecule has 2 unspecified atom stereocenters. The first-order valence-corrected chi connectivity index (χ1v) is 5.51. The third-order valence-corrected chi connectivity index (χ3v) is 3.24. The molecule has 13 heavy (non-hydrogen) atoms. The molecule has 0 aromatic heterocycles. The summed E-state index contributed by atoms with van der Waals surface area (Å²) >= 11 is 0. The Bertz CT molecular complexity index is 183. The standard InChI is InChI=1S/C11H22N2/c1-11(2,3)8-13-5-4-9-6-12-7-10(9)13/h9-10,12H,4-8H2,1-3H3. The maximum atomic E-state index is 3.50. The van der Waals surface area contributed by atoms with Gasteiger partial charge in [-0.15, -0.1) is 0 Å². The molecule has 2 heterocycles. The van der Waals surface area contributed by atoms with Gasteiger partial charge in [-0.25, -0.2) is 0 Å². The van der Waals surface area contributed by atoms with Crippen LogP contribution >= 0.6 is 0 Å². The zero-order chi connectivity index (χ0) is 9.47. The van der Waals surface area contributed by atoms with Crippen molar-refractivity contribution in [3.8, 4) is 0 Å². The zero-order valence-corrected chi connectivity index (χ0v) is 9.14. The highest BCUT2D eigenvalue weighted by molar-refractivity contribution is 4.95. The monoisotopic (exact) mass is 182 g/mol. The van der Waals surface area contributed by atoms with Crippen LogP contribution in [0.4, 0.5) is 0 Å². The van der Waals surface area contributed by atoms with Crippen LogP contribution in [0.1, 0.15) is 27.2 Å². The van der Waals surface area contributed by atoms with E-state index < -0.39 is 0 Å².